The number of carboxylic acids is 1. The van der Waals surface area contributed by atoms with Crippen LogP contribution in [0.15, 0.2) is 55.0 Å². The van der Waals surface area contributed by atoms with Crippen LogP contribution in [0.5, 0.6) is 5.75 Å². The Morgan fingerprint density at radius 2 is 1.96 bits per heavy atom. The predicted octanol–water partition coefficient (Wildman–Crippen LogP) is 4.18. The molecule has 0 heterocycles. The van der Waals surface area contributed by atoms with E-state index in [4.69, 9.17) is 14.6 Å². The molecule has 1 aromatic rings. The third-order valence-corrected chi connectivity index (χ3v) is 3.37. The number of carboxylic acid groups (broad SMARTS) is 1. The zero-order chi connectivity index (χ0) is 19.9. The first kappa shape index (κ1) is 22.4. The van der Waals surface area contributed by atoms with Crippen molar-refractivity contribution in [1.29, 1.82) is 0 Å². The van der Waals surface area contributed by atoms with E-state index in [1.165, 1.54) is 12.3 Å². The molecule has 1 aromatic carbocycles. The maximum atomic E-state index is 13.1. The van der Waals surface area contributed by atoms with Gasteiger partial charge in [0.25, 0.3) is 0 Å². The van der Waals surface area contributed by atoms with Crippen molar-refractivity contribution in [2.75, 3.05) is 19.7 Å². The zero-order valence-electron chi connectivity index (χ0n) is 15.1. The van der Waals surface area contributed by atoms with E-state index in [0.717, 1.165) is 38.1 Å². The van der Waals surface area contributed by atoms with Crippen LogP contribution >= 0.6 is 0 Å². The second kappa shape index (κ2) is 13.5. The van der Waals surface area contributed by atoms with Crippen molar-refractivity contribution in [2.24, 2.45) is 0 Å². The summed E-state index contributed by atoms with van der Waals surface area (Å²) in [6.07, 6.45) is 8.55. The number of nitrogens with one attached hydrogen (secondary N) is 1. The van der Waals surface area contributed by atoms with Gasteiger partial charge in [-0.05, 0) is 50.6 Å². The van der Waals surface area contributed by atoms with Gasteiger partial charge in [0, 0.05) is 18.6 Å². The first-order valence-corrected chi connectivity index (χ1v) is 8.69. The lowest BCUT2D eigenvalue weighted by Gasteiger charge is -2.08. The first-order chi connectivity index (χ1) is 13.0. The molecule has 0 saturated carbocycles. The van der Waals surface area contributed by atoms with Gasteiger partial charge in [0.1, 0.15) is 11.5 Å². The number of rotatable bonds is 14. The Morgan fingerprint density at radius 3 is 2.67 bits per heavy atom. The number of benzene rings is 1. The molecule has 27 heavy (non-hydrogen) atoms. The molecular formula is C20H25F2NO4. The highest BCUT2D eigenvalue weighted by molar-refractivity contribution is 5.66. The van der Waals surface area contributed by atoms with Gasteiger partial charge in [-0.1, -0.05) is 12.7 Å². The van der Waals surface area contributed by atoms with Crippen LogP contribution in [0.2, 0.25) is 0 Å². The molecule has 0 aliphatic rings. The fraction of sp³-hybridized carbons (Fsp3) is 0.350. The average molecular weight is 381 g/mol. The molecule has 0 radical (unpaired) electrons. The predicted molar refractivity (Wildman–Crippen MR) is 99.3 cm³/mol. The number of halogens is 2. The lowest BCUT2D eigenvalue weighted by molar-refractivity contribution is -0.137. The van der Waals surface area contributed by atoms with Gasteiger partial charge in [0.15, 0.2) is 11.6 Å². The van der Waals surface area contributed by atoms with E-state index in [-0.39, 0.29) is 12.2 Å². The minimum Gasteiger partial charge on any atom is -0.493 e. The van der Waals surface area contributed by atoms with Crippen molar-refractivity contribution in [3.63, 3.8) is 0 Å². The summed E-state index contributed by atoms with van der Waals surface area (Å²) in [5.74, 6) is -1.98. The Bertz CT molecular complexity index is 659. The largest absolute Gasteiger partial charge is 0.493 e. The summed E-state index contributed by atoms with van der Waals surface area (Å²) in [6.45, 7) is 5.60. The number of hydrogen-bond acceptors (Lipinski definition) is 4. The minimum atomic E-state index is -0.977. The Labute approximate surface area is 158 Å². The fourth-order valence-electron chi connectivity index (χ4n) is 2.04. The summed E-state index contributed by atoms with van der Waals surface area (Å²) in [5, 5.41) is 11.8. The van der Waals surface area contributed by atoms with Gasteiger partial charge in [0.05, 0.1) is 12.9 Å². The van der Waals surface area contributed by atoms with E-state index < -0.39 is 17.6 Å². The number of allylic oxidation sites excluding steroid dienone is 3. The number of aliphatic carboxylic acids is 1. The number of ether oxygens (including phenoxy) is 2. The second-order valence-corrected chi connectivity index (χ2v) is 5.60. The van der Waals surface area contributed by atoms with Gasteiger partial charge in [-0.3, -0.25) is 4.79 Å². The van der Waals surface area contributed by atoms with Crippen LogP contribution in [0.25, 0.3) is 0 Å². The molecule has 0 aliphatic heterocycles. The molecule has 0 atom stereocenters. The molecule has 2 N–H and O–H groups in total. The van der Waals surface area contributed by atoms with Crippen LogP contribution in [0.4, 0.5) is 8.78 Å². The van der Waals surface area contributed by atoms with E-state index >= 15 is 0 Å². The van der Waals surface area contributed by atoms with Gasteiger partial charge in [0.2, 0.25) is 0 Å². The molecule has 7 heteroatoms. The molecule has 0 aliphatic carbocycles. The molecule has 0 aromatic heterocycles. The number of unbranched alkanes of at least 4 members (excludes halogenated alkanes) is 1. The quantitative estimate of drug-likeness (QED) is 0.287. The van der Waals surface area contributed by atoms with Gasteiger partial charge in [-0.2, -0.15) is 0 Å². The van der Waals surface area contributed by atoms with Gasteiger partial charge in [-0.25, -0.2) is 8.78 Å². The molecule has 0 saturated heterocycles. The van der Waals surface area contributed by atoms with Crippen LogP contribution < -0.4 is 10.1 Å². The second-order valence-electron chi connectivity index (χ2n) is 5.60. The SMILES string of the molecule is C=C/C=C(\C=C/Oc1ccc(F)c(F)c1)OCCCNCCCCC(=O)O. The van der Waals surface area contributed by atoms with Crippen LogP contribution in [0.3, 0.4) is 0 Å². The highest BCUT2D eigenvalue weighted by Gasteiger charge is 2.02. The monoisotopic (exact) mass is 381 g/mol. The van der Waals surface area contributed by atoms with E-state index in [1.54, 1.807) is 18.2 Å². The highest BCUT2D eigenvalue weighted by Crippen LogP contribution is 2.16. The minimum absolute atomic E-state index is 0.176. The molecule has 1 rings (SSSR count). The Hall–Kier alpha value is -2.67. The molecule has 0 bridgehead atoms. The molecule has 0 spiro atoms. The van der Waals surface area contributed by atoms with Crippen LogP contribution in [-0.2, 0) is 9.53 Å². The fourth-order valence-corrected chi connectivity index (χ4v) is 2.04. The third-order valence-electron chi connectivity index (χ3n) is 3.37. The number of hydrogen-bond donors (Lipinski definition) is 2. The molecular weight excluding hydrogens is 356 g/mol. The lowest BCUT2D eigenvalue weighted by atomic mass is 10.2. The topological polar surface area (TPSA) is 67.8 Å². The van der Waals surface area contributed by atoms with Crippen LogP contribution in [0, 0.1) is 11.6 Å². The summed E-state index contributed by atoms with van der Waals surface area (Å²) in [6, 6.07) is 3.27. The standard InChI is InChI=1S/C20H25F2NO4/c1-2-6-16(10-14-27-17-8-9-18(21)19(22)15-17)26-13-5-12-23-11-4-3-7-20(24)25/h2,6,8-10,14-15,23H,1,3-5,7,11-13H2,(H,24,25)/b14-10-,16-6+. The Balaban J connectivity index is 2.23. The summed E-state index contributed by atoms with van der Waals surface area (Å²) in [5.41, 5.74) is 0. The molecule has 0 unspecified atom stereocenters. The van der Waals surface area contributed by atoms with Gasteiger partial charge >= 0.3 is 5.97 Å². The normalized spacial score (nSPS) is 11.6. The van der Waals surface area contributed by atoms with E-state index in [0.29, 0.717) is 18.8 Å². The van der Waals surface area contributed by atoms with E-state index in [9.17, 15) is 13.6 Å². The smallest absolute Gasteiger partial charge is 0.303 e. The Kier molecular flexibility index (Phi) is 11.2. The third kappa shape index (κ3) is 10.8. The Morgan fingerprint density at radius 1 is 1.19 bits per heavy atom. The zero-order valence-corrected chi connectivity index (χ0v) is 15.1. The maximum Gasteiger partial charge on any atom is 0.303 e. The molecule has 148 valence electrons. The van der Waals surface area contributed by atoms with Crippen molar-refractivity contribution in [3.8, 4) is 5.75 Å². The average Bonchev–Trinajstić information content (AvgIpc) is 2.63. The van der Waals surface area contributed by atoms with Gasteiger partial charge in [-0.15, -0.1) is 0 Å². The highest BCUT2D eigenvalue weighted by atomic mass is 19.2. The number of carbonyl (C=O) groups is 1. The van der Waals surface area contributed by atoms with Crippen LogP contribution in [-0.4, -0.2) is 30.8 Å². The summed E-state index contributed by atoms with van der Waals surface area (Å²) in [4.78, 5) is 10.4. The van der Waals surface area contributed by atoms with Crippen molar-refractivity contribution in [3.05, 3.63) is 66.7 Å². The lowest BCUT2D eigenvalue weighted by Crippen LogP contribution is -2.18. The van der Waals surface area contributed by atoms with Crippen molar-refractivity contribution in [2.45, 2.75) is 25.7 Å². The van der Waals surface area contributed by atoms with E-state index in [1.807, 2.05) is 0 Å². The molecule has 5 nitrogen and oxygen atoms in total. The summed E-state index contributed by atoms with van der Waals surface area (Å²) < 4.78 is 36.8. The summed E-state index contributed by atoms with van der Waals surface area (Å²) in [7, 11) is 0. The van der Waals surface area contributed by atoms with Crippen molar-refractivity contribution < 1.29 is 28.2 Å². The van der Waals surface area contributed by atoms with Crippen LogP contribution in [0.1, 0.15) is 25.7 Å². The van der Waals surface area contributed by atoms with Crippen molar-refractivity contribution >= 4 is 5.97 Å². The van der Waals surface area contributed by atoms with Gasteiger partial charge < -0.3 is 19.9 Å². The molecule has 0 amide bonds. The summed E-state index contributed by atoms with van der Waals surface area (Å²) >= 11 is 0. The molecule has 0 fully saturated rings. The first-order valence-electron chi connectivity index (χ1n) is 8.69. The van der Waals surface area contributed by atoms with E-state index in [2.05, 4.69) is 11.9 Å². The van der Waals surface area contributed by atoms with Crippen molar-refractivity contribution in [1.82, 2.24) is 5.32 Å². The maximum absolute atomic E-state index is 13.1.